The van der Waals surface area contributed by atoms with E-state index >= 15 is 0 Å². The fourth-order valence-corrected chi connectivity index (χ4v) is 4.54. The number of aliphatic hydroxyl groups is 1. The van der Waals surface area contributed by atoms with Crippen LogP contribution in [0.1, 0.15) is 56.0 Å². The summed E-state index contributed by atoms with van der Waals surface area (Å²) >= 11 is 0. The van der Waals surface area contributed by atoms with Gasteiger partial charge in [-0.05, 0) is 46.0 Å². The number of nitrogens with zero attached hydrogens (tertiary/aromatic N) is 3. The third-order valence-corrected chi connectivity index (χ3v) is 6.29. The Labute approximate surface area is 172 Å². The van der Waals surface area contributed by atoms with Crippen molar-refractivity contribution in [1.29, 1.82) is 0 Å². The van der Waals surface area contributed by atoms with Crippen molar-refractivity contribution in [2.24, 2.45) is 0 Å². The number of carbonyl (C=O) groups excluding carboxylic acids is 2. The molecule has 29 heavy (non-hydrogen) atoms. The smallest absolute Gasteiger partial charge is 0.227 e. The summed E-state index contributed by atoms with van der Waals surface area (Å²) in [5.74, 6) is 0.789. The number of hydrogen-bond acceptors (Lipinski definition) is 6. The van der Waals surface area contributed by atoms with Gasteiger partial charge in [-0.15, -0.1) is 0 Å². The summed E-state index contributed by atoms with van der Waals surface area (Å²) < 4.78 is 5.17. The second-order valence-electron chi connectivity index (χ2n) is 8.69. The summed E-state index contributed by atoms with van der Waals surface area (Å²) in [5, 5.41) is 18.1. The standard InChI is InChI=1S/C21H34N4O4/c1-15-19(16(2)29-23-15)13-20(27)25-9-4-7-21(28,8-12-25)14-24-10-5-18(6-11-24)22-17(3)26/h18,28H,4-14H2,1-3H3,(H,22,26)/t21-/m1/s1. The molecule has 2 fully saturated rings. The number of hydrogen-bond donors (Lipinski definition) is 2. The molecule has 3 heterocycles. The molecule has 3 rings (SSSR count). The number of nitrogens with one attached hydrogen (secondary N) is 1. The number of carbonyl (C=O) groups is 2. The van der Waals surface area contributed by atoms with Gasteiger partial charge in [0, 0.05) is 51.3 Å². The van der Waals surface area contributed by atoms with Gasteiger partial charge in [-0.25, -0.2) is 0 Å². The predicted molar refractivity (Wildman–Crippen MR) is 108 cm³/mol. The van der Waals surface area contributed by atoms with Gasteiger partial charge in [0.25, 0.3) is 0 Å². The van der Waals surface area contributed by atoms with Crippen LogP contribution in [0.25, 0.3) is 0 Å². The van der Waals surface area contributed by atoms with E-state index in [4.69, 9.17) is 4.52 Å². The van der Waals surface area contributed by atoms with E-state index in [9.17, 15) is 14.7 Å². The topological polar surface area (TPSA) is 98.9 Å². The Kier molecular flexibility index (Phi) is 6.95. The monoisotopic (exact) mass is 406 g/mol. The van der Waals surface area contributed by atoms with Gasteiger partial charge in [-0.3, -0.25) is 9.59 Å². The van der Waals surface area contributed by atoms with Crippen molar-refractivity contribution in [1.82, 2.24) is 20.3 Å². The Bertz CT molecular complexity index is 707. The highest BCUT2D eigenvalue weighted by molar-refractivity contribution is 5.79. The van der Waals surface area contributed by atoms with Crippen LogP contribution in [0, 0.1) is 13.8 Å². The number of aromatic nitrogens is 1. The lowest BCUT2D eigenvalue weighted by Gasteiger charge is -2.38. The Hall–Kier alpha value is -1.93. The van der Waals surface area contributed by atoms with Crippen molar-refractivity contribution in [3.05, 3.63) is 17.0 Å². The molecule has 0 aromatic carbocycles. The van der Waals surface area contributed by atoms with Crippen molar-refractivity contribution in [2.75, 3.05) is 32.7 Å². The van der Waals surface area contributed by atoms with Gasteiger partial charge in [0.05, 0.1) is 17.7 Å². The first kappa shape index (κ1) is 21.8. The minimum absolute atomic E-state index is 0.0206. The highest BCUT2D eigenvalue weighted by atomic mass is 16.5. The first-order valence-corrected chi connectivity index (χ1v) is 10.7. The van der Waals surface area contributed by atoms with Crippen molar-refractivity contribution in [3.63, 3.8) is 0 Å². The SMILES string of the molecule is CC(=O)NC1CCN(C[C@@]2(O)CCCN(C(=O)Cc3c(C)noc3C)CC2)CC1. The van der Waals surface area contributed by atoms with Gasteiger partial charge in [-0.2, -0.15) is 0 Å². The first-order valence-electron chi connectivity index (χ1n) is 10.7. The van der Waals surface area contributed by atoms with Crippen molar-refractivity contribution >= 4 is 11.8 Å². The van der Waals surface area contributed by atoms with Crippen molar-refractivity contribution < 1.29 is 19.2 Å². The summed E-state index contributed by atoms with van der Waals surface area (Å²) in [6, 6.07) is 0.241. The predicted octanol–water partition coefficient (Wildman–Crippen LogP) is 1.18. The van der Waals surface area contributed by atoms with E-state index in [2.05, 4.69) is 15.4 Å². The summed E-state index contributed by atoms with van der Waals surface area (Å²) in [7, 11) is 0. The van der Waals surface area contributed by atoms with Gasteiger partial charge in [0.1, 0.15) is 5.76 Å². The maximum absolute atomic E-state index is 12.8. The molecule has 2 aliphatic rings. The Balaban J connectivity index is 1.50. The van der Waals surface area contributed by atoms with E-state index in [1.807, 2.05) is 18.7 Å². The lowest BCUT2D eigenvalue weighted by atomic mass is 9.93. The van der Waals surface area contributed by atoms with Gasteiger partial charge >= 0.3 is 0 Å². The molecule has 2 saturated heterocycles. The van der Waals surface area contributed by atoms with E-state index in [1.54, 1.807) is 6.92 Å². The maximum Gasteiger partial charge on any atom is 0.227 e. The maximum atomic E-state index is 12.8. The summed E-state index contributed by atoms with van der Waals surface area (Å²) in [6.45, 7) is 8.87. The van der Waals surface area contributed by atoms with E-state index in [1.165, 1.54) is 0 Å². The Morgan fingerprint density at radius 3 is 2.55 bits per heavy atom. The molecule has 1 aromatic heterocycles. The number of rotatable bonds is 5. The molecule has 0 saturated carbocycles. The van der Waals surface area contributed by atoms with E-state index < -0.39 is 5.60 Å². The van der Waals surface area contributed by atoms with Crippen LogP contribution in [0.2, 0.25) is 0 Å². The van der Waals surface area contributed by atoms with Crippen LogP contribution < -0.4 is 5.32 Å². The molecule has 0 unspecified atom stereocenters. The molecule has 0 spiro atoms. The zero-order valence-corrected chi connectivity index (χ0v) is 17.9. The fourth-order valence-electron chi connectivity index (χ4n) is 4.54. The van der Waals surface area contributed by atoms with E-state index in [0.717, 1.165) is 43.6 Å². The summed E-state index contributed by atoms with van der Waals surface area (Å²) in [4.78, 5) is 28.2. The minimum atomic E-state index is -0.765. The van der Waals surface area contributed by atoms with Crippen LogP contribution in [0.4, 0.5) is 0 Å². The van der Waals surface area contributed by atoms with Crippen LogP contribution >= 0.6 is 0 Å². The minimum Gasteiger partial charge on any atom is -0.388 e. The molecule has 0 aliphatic carbocycles. The zero-order chi connectivity index (χ0) is 21.0. The van der Waals surface area contributed by atoms with Gasteiger partial charge in [0.2, 0.25) is 11.8 Å². The zero-order valence-electron chi connectivity index (χ0n) is 17.9. The molecular weight excluding hydrogens is 372 g/mol. The normalized spacial score (nSPS) is 24.3. The number of piperidine rings is 1. The summed E-state index contributed by atoms with van der Waals surface area (Å²) in [5.41, 5.74) is 0.875. The fraction of sp³-hybridized carbons (Fsp3) is 0.762. The number of amides is 2. The molecule has 2 N–H and O–H groups in total. The van der Waals surface area contributed by atoms with Crippen LogP contribution in [0.3, 0.4) is 0 Å². The Morgan fingerprint density at radius 1 is 1.21 bits per heavy atom. The first-order chi connectivity index (χ1) is 13.8. The lowest BCUT2D eigenvalue weighted by molar-refractivity contribution is -0.130. The molecule has 2 aliphatic heterocycles. The van der Waals surface area contributed by atoms with Crippen molar-refractivity contribution in [2.45, 2.75) is 70.9 Å². The van der Waals surface area contributed by atoms with Gasteiger partial charge < -0.3 is 24.7 Å². The molecular formula is C21H34N4O4. The highest BCUT2D eigenvalue weighted by Gasteiger charge is 2.34. The molecule has 8 nitrogen and oxygen atoms in total. The number of aryl methyl sites for hydroxylation is 2. The lowest BCUT2D eigenvalue weighted by Crippen LogP contribution is -2.50. The molecule has 0 bridgehead atoms. The third-order valence-electron chi connectivity index (χ3n) is 6.29. The van der Waals surface area contributed by atoms with E-state index in [0.29, 0.717) is 44.7 Å². The average Bonchev–Trinajstić information content (AvgIpc) is 2.86. The average molecular weight is 407 g/mol. The van der Waals surface area contributed by atoms with Crippen LogP contribution in [0.15, 0.2) is 4.52 Å². The molecule has 8 heteroatoms. The van der Waals surface area contributed by atoms with E-state index in [-0.39, 0.29) is 17.9 Å². The molecule has 0 radical (unpaired) electrons. The highest BCUT2D eigenvalue weighted by Crippen LogP contribution is 2.26. The van der Waals surface area contributed by atoms with Crippen LogP contribution in [-0.2, 0) is 16.0 Å². The van der Waals surface area contributed by atoms with Gasteiger partial charge in [0.15, 0.2) is 0 Å². The van der Waals surface area contributed by atoms with Crippen LogP contribution in [0.5, 0.6) is 0 Å². The summed E-state index contributed by atoms with van der Waals surface area (Å²) in [6.07, 6.45) is 4.22. The number of likely N-dealkylation sites (tertiary alicyclic amines) is 2. The second-order valence-corrected chi connectivity index (χ2v) is 8.69. The Morgan fingerprint density at radius 2 is 1.93 bits per heavy atom. The third kappa shape index (κ3) is 5.79. The molecule has 162 valence electrons. The molecule has 1 aromatic rings. The van der Waals surface area contributed by atoms with Gasteiger partial charge in [-0.1, -0.05) is 5.16 Å². The second kappa shape index (κ2) is 9.26. The van der Waals surface area contributed by atoms with Crippen molar-refractivity contribution in [3.8, 4) is 0 Å². The number of β-amino-alcohol motifs (C(OH)–C–C–N with tert-alkyl or cyclic N) is 1. The van der Waals surface area contributed by atoms with Crippen LogP contribution in [-0.4, -0.2) is 76.2 Å². The largest absolute Gasteiger partial charge is 0.388 e. The molecule has 2 amide bonds. The molecule has 1 atom stereocenters. The quantitative estimate of drug-likeness (QED) is 0.762.